The predicted octanol–water partition coefficient (Wildman–Crippen LogP) is 1.79. The van der Waals surface area contributed by atoms with Crippen molar-refractivity contribution >= 4 is 28.3 Å². The van der Waals surface area contributed by atoms with Gasteiger partial charge in [0.1, 0.15) is 0 Å². The molecule has 0 unspecified atom stereocenters. The minimum Gasteiger partial charge on any atom is -0.397 e. The highest BCUT2D eigenvalue weighted by molar-refractivity contribution is 8.13. The van der Waals surface area contributed by atoms with Crippen molar-refractivity contribution in [3.05, 3.63) is 23.3 Å². The largest absolute Gasteiger partial charge is 0.397 e. The van der Waals surface area contributed by atoms with E-state index in [2.05, 4.69) is 11.8 Å². The van der Waals surface area contributed by atoms with Gasteiger partial charge in [-0.25, -0.2) is 0 Å². The average Bonchev–Trinajstić information content (AvgIpc) is 2.19. The van der Waals surface area contributed by atoms with Crippen LogP contribution < -0.4 is 11.5 Å². The lowest BCUT2D eigenvalue weighted by Crippen LogP contribution is -1.96. The van der Waals surface area contributed by atoms with Crippen molar-refractivity contribution in [1.29, 1.82) is 0 Å². The van der Waals surface area contributed by atoms with Crippen LogP contribution in [0.2, 0.25) is 0 Å². The number of hydrogen-bond acceptors (Lipinski definition) is 4. The molecule has 4 N–H and O–H groups in total. The van der Waals surface area contributed by atoms with E-state index in [0.717, 1.165) is 11.1 Å². The van der Waals surface area contributed by atoms with Crippen molar-refractivity contribution in [3.63, 3.8) is 0 Å². The Morgan fingerprint density at radius 1 is 1.38 bits per heavy atom. The number of thioether (sulfide) groups is 1. The molecule has 3 nitrogen and oxygen atoms in total. The summed E-state index contributed by atoms with van der Waals surface area (Å²) in [7, 11) is 0. The Balaban J connectivity index is 2.81. The Hall–Kier alpha value is -1.60. The average molecular weight is 234 g/mol. The summed E-state index contributed by atoms with van der Waals surface area (Å²) in [6, 6.07) is 3.56. The fourth-order valence-electron chi connectivity index (χ4n) is 1.15. The number of anilines is 2. The van der Waals surface area contributed by atoms with Gasteiger partial charge in [-0.15, -0.1) is 0 Å². The lowest BCUT2D eigenvalue weighted by molar-refractivity contribution is -0.109. The molecule has 0 atom stereocenters. The number of carbonyl (C=O) groups excluding carboxylic acids is 1. The third-order valence-corrected chi connectivity index (χ3v) is 2.70. The van der Waals surface area contributed by atoms with E-state index >= 15 is 0 Å². The smallest absolute Gasteiger partial charge is 0.186 e. The summed E-state index contributed by atoms with van der Waals surface area (Å²) in [6.07, 6.45) is 0. The zero-order chi connectivity index (χ0) is 12.1. The molecule has 0 saturated heterocycles. The Morgan fingerprint density at radius 2 is 2.00 bits per heavy atom. The molecule has 1 aromatic carbocycles. The van der Waals surface area contributed by atoms with Crippen LogP contribution in [-0.4, -0.2) is 10.9 Å². The predicted molar refractivity (Wildman–Crippen MR) is 70.0 cm³/mol. The van der Waals surface area contributed by atoms with Crippen molar-refractivity contribution in [3.8, 4) is 11.8 Å². The van der Waals surface area contributed by atoms with E-state index in [0.29, 0.717) is 17.1 Å². The molecule has 84 valence electrons. The third kappa shape index (κ3) is 3.52. The Morgan fingerprint density at radius 3 is 2.62 bits per heavy atom. The number of hydrogen-bond donors (Lipinski definition) is 2. The van der Waals surface area contributed by atoms with Crippen molar-refractivity contribution < 1.29 is 4.79 Å². The first-order valence-electron chi connectivity index (χ1n) is 4.78. The first kappa shape index (κ1) is 12.5. The fourth-order valence-corrected chi connectivity index (χ4v) is 1.50. The molecule has 0 heterocycles. The quantitative estimate of drug-likeness (QED) is 0.574. The second-order valence-corrected chi connectivity index (χ2v) is 4.53. The normalized spacial score (nSPS) is 9.38. The van der Waals surface area contributed by atoms with Gasteiger partial charge in [-0.3, -0.25) is 4.79 Å². The summed E-state index contributed by atoms with van der Waals surface area (Å²) < 4.78 is 0. The molecule has 0 saturated carbocycles. The van der Waals surface area contributed by atoms with Crippen LogP contribution in [0.5, 0.6) is 0 Å². The van der Waals surface area contributed by atoms with E-state index in [1.165, 1.54) is 18.7 Å². The maximum Gasteiger partial charge on any atom is 0.186 e. The summed E-state index contributed by atoms with van der Waals surface area (Å²) in [5, 5.41) is 0.0721. The van der Waals surface area contributed by atoms with Crippen LogP contribution in [0.15, 0.2) is 12.1 Å². The highest BCUT2D eigenvalue weighted by atomic mass is 32.2. The molecule has 0 amide bonds. The zero-order valence-corrected chi connectivity index (χ0v) is 10.1. The van der Waals surface area contributed by atoms with Gasteiger partial charge in [-0.2, -0.15) is 0 Å². The summed E-state index contributed by atoms with van der Waals surface area (Å²) in [5.74, 6) is 6.39. The maximum atomic E-state index is 10.7. The lowest BCUT2D eigenvalue weighted by atomic mass is 10.1. The van der Waals surface area contributed by atoms with Crippen LogP contribution in [0.3, 0.4) is 0 Å². The van der Waals surface area contributed by atoms with Crippen molar-refractivity contribution in [2.45, 2.75) is 13.8 Å². The van der Waals surface area contributed by atoms with Crippen LogP contribution in [0.25, 0.3) is 0 Å². The van der Waals surface area contributed by atoms with Gasteiger partial charge in [0, 0.05) is 12.5 Å². The molecule has 16 heavy (non-hydrogen) atoms. The highest BCUT2D eigenvalue weighted by Crippen LogP contribution is 2.19. The van der Waals surface area contributed by atoms with Gasteiger partial charge in [0.05, 0.1) is 17.1 Å². The highest BCUT2D eigenvalue weighted by Gasteiger charge is 1.99. The molecular weight excluding hydrogens is 220 g/mol. The Bertz CT molecular complexity index is 472. The van der Waals surface area contributed by atoms with Gasteiger partial charge in [-0.05, 0) is 24.6 Å². The fraction of sp³-hybridized carbons (Fsp3) is 0.250. The zero-order valence-electron chi connectivity index (χ0n) is 9.33. The minimum atomic E-state index is 0.0721. The summed E-state index contributed by atoms with van der Waals surface area (Å²) in [6.45, 7) is 3.46. The number of aryl methyl sites for hydroxylation is 1. The SMILES string of the molecule is CC(=O)SCC#Cc1cc(N)c(N)cc1C. The first-order valence-corrected chi connectivity index (χ1v) is 5.77. The van der Waals surface area contributed by atoms with Gasteiger partial charge in [0.2, 0.25) is 0 Å². The van der Waals surface area contributed by atoms with E-state index in [4.69, 9.17) is 11.5 Å². The van der Waals surface area contributed by atoms with Crippen LogP contribution in [0.4, 0.5) is 11.4 Å². The molecule has 0 aromatic heterocycles. The van der Waals surface area contributed by atoms with Gasteiger partial charge < -0.3 is 11.5 Å². The van der Waals surface area contributed by atoms with Crippen molar-refractivity contribution in [2.75, 3.05) is 17.2 Å². The van der Waals surface area contributed by atoms with Crippen LogP contribution in [0.1, 0.15) is 18.1 Å². The third-order valence-electron chi connectivity index (χ3n) is 2.00. The van der Waals surface area contributed by atoms with E-state index < -0.39 is 0 Å². The molecule has 0 bridgehead atoms. The van der Waals surface area contributed by atoms with E-state index in [1.54, 1.807) is 12.1 Å². The van der Waals surface area contributed by atoms with Crippen LogP contribution >= 0.6 is 11.8 Å². The van der Waals surface area contributed by atoms with Crippen LogP contribution in [0, 0.1) is 18.8 Å². The number of carbonyl (C=O) groups is 1. The standard InChI is InChI=1S/C12H14N2OS/c1-8-6-11(13)12(14)7-10(8)4-3-5-16-9(2)15/h6-7H,5,13-14H2,1-2H3. The Kier molecular flexibility index (Phi) is 4.27. The molecule has 0 aliphatic heterocycles. The van der Waals surface area contributed by atoms with E-state index in [9.17, 15) is 4.79 Å². The molecule has 0 aliphatic carbocycles. The molecular formula is C12H14N2OS. The topological polar surface area (TPSA) is 69.1 Å². The molecule has 0 aliphatic rings. The maximum absolute atomic E-state index is 10.7. The van der Waals surface area contributed by atoms with Gasteiger partial charge in [0.15, 0.2) is 5.12 Å². The van der Waals surface area contributed by atoms with Gasteiger partial charge >= 0.3 is 0 Å². The first-order chi connectivity index (χ1) is 7.50. The van der Waals surface area contributed by atoms with Gasteiger partial charge in [0.25, 0.3) is 0 Å². The second kappa shape index (κ2) is 5.47. The van der Waals surface area contributed by atoms with E-state index in [-0.39, 0.29) is 5.12 Å². The Labute approximate surface area is 99.6 Å². The minimum absolute atomic E-state index is 0.0721. The van der Waals surface area contributed by atoms with Crippen LogP contribution in [-0.2, 0) is 4.79 Å². The van der Waals surface area contributed by atoms with E-state index in [1.807, 2.05) is 6.92 Å². The van der Waals surface area contributed by atoms with Crippen molar-refractivity contribution in [2.24, 2.45) is 0 Å². The molecule has 0 fully saturated rings. The molecule has 0 spiro atoms. The summed E-state index contributed by atoms with van der Waals surface area (Å²) in [5.41, 5.74) is 14.3. The molecule has 4 heteroatoms. The second-order valence-electron chi connectivity index (χ2n) is 3.38. The molecule has 0 radical (unpaired) electrons. The number of rotatable bonds is 1. The lowest BCUT2D eigenvalue weighted by Gasteiger charge is -2.03. The summed E-state index contributed by atoms with van der Waals surface area (Å²) in [4.78, 5) is 10.7. The molecule has 1 rings (SSSR count). The number of benzene rings is 1. The van der Waals surface area contributed by atoms with Gasteiger partial charge in [-0.1, -0.05) is 23.6 Å². The number of nitrogens with two attached hydrogens (primary N) is 2. The monoisotopic (exact) mass is 234 g/mol. The number of nitrogen functional groups attached to an aromatic ring is 2. The van der Waals surface area contributed by atoms with Crippen molar-refractivity contribution in [1.82, 2.24) is 0 Å². The summed E-state index contributed by atoms with van der Waals surface area (Å²) >= 11 is 1.20. The molecule has 1 aromatic rings.